The first kappa shape index (κ1) is 28.6. The third-order valence-corrected chi connectivity index (χ3v) is 9.05. The largest absolute Gasteiger partial charge is 0.236 e. The van der Waals surface area contributed by atoms with Crippen LogP contribution < -0.4 is 0 Å². The van der Waals surface area contributed by atoms with Crippen LogP contribution in [-0.2, 0) is 6.42 Å². The van der Waals surface area contributed by atoms with Crippen LogP contribution in [0.5, 0.6) is 0 Å². The Bertz CT molecular complexity index is 2400. The molecule has 9 rings (SSSR count). The summed E-state index contributed by atoms with van der Waals surface area (Å²) >= 11 is 0. The molecular weight excluding hydrogens is 599 g/mol. The van der Waals surface area contributed by atoms with Crippen LogP contribution in [0.2, 0.25) is 0 Å². The van der Waals surface area contributed by atoms with E-state index >= 15 is 0 Å². The lowest BCUT2D eigenvalue weighted by Crippen LogP contribution is -2.00. The Morgan fingerprint density at radius 3 is 1.49 bits per heavy atom. The SMILES string of the molecule is c1ccc(-c2cc(-c3cccc(-c4ncnc5c4Cc4ccccc4-5)c3)cc(-c3nc(-c4ccccc4)nc(-c4ccccc4)n3)c2)cc1. The van der Waals surface area contributed by atoms with Gasteiger partial charge < -0.3 is 0 Å². The molecule has 0 aliphatic heterocycles. The first-order chi connectivity index (χ1) is 24.3. The molecule has 0 amide bonds. The molecule has 0 spiro atoms. The average molecular weight is 628 g/mol. The number of fused-ring (bicyclic) bond motifs is 3. The Hall–Kier alpha value is -6.59. The fraction of sp³-hybridized carbons (Fsp3) is 0.0227. The monoisotopic (exact) mass is 627 g/mol. The second-order valence-corrected chi connectivity index (χ2v) is 12.2. The fourth-order valence-corrected chi connectivity index (χ4v) is 6.66. The van der Waals surface area contributed by atoms with Crippen LogP contribution in [0.3, 0.4) is 0 Å². The quantitative estimate of drug-likeness (QED) is 0.184. The van der Waals surface area contributed by atoms with Crippen LogP contribution in [0.25, 0.3) is 78.9 Å². The smallest absolute Gasteiger partial charge is 0.164 e. The van der Waals surface area contributed by atoms with Crippen molar-refractivity contribution in [3.8, 4) is 78.9 Å². The van der Waals surface area contributed by atoms with Gasteiger partial charge in [0.25, 0.3) is 0 Å². The lowest BCUT2D eigenvalue weighted by atomic mass is 9.94. The summed E-state index contributed by atoms with van der Waals surface area (Å²) in [7, 11) is 0. The molecule has 8 aromatic rings. The summed E-state index contributed by atoms with van der Waals surface area (Å²) < 4.78 is 0. The molecule has 0 fully saturated rings. The van der Waals surface area contributed by atoms with Crippen molar-refractivity contribution < 1.29 is 0 Å². The molecule has 5 heteroatoms. The first-order valence-corrected chi connectivity index (χ1v) is 16.4. The predicted octanol–water partition coefficient (Wildman–Crippen LogP) is 10.2. The van der Waals surface area contributed by atoms with E-state index in [0.29, 0.717) is 17.5 Å². The van der Waals surface area contributed by atoms with Crippen LogP contribution >= 0.6 is 0 Å². The van der Waals surface area contributed by atoms with E-state index < -0.39 is 0 Å². The Labute approximate surface area is 284 Å². The summed E-state index contributed by atoms with van der Waals surface area (Å²) in [6.45, 7) is 0. The van der Waals surface area contributed by atoms with E-state index in [2.05, 4.69) is 96.0 Å². The average Bonchev–Trinajstić information content (AvgIpc) is 3.58. The minimum absolute atomic E-state index is 0.620. The summed E-state index contributed by atoms with van der Waals surface area (Å²) in [6.07, 6.45) is 2.51. The van der Waals surface area contributed by atoms with E-state index in [1.54, 1.807) is 6.33 Å². The molecule has 0 bridgehead atoms. The van der Waals surface area contributed by atoms with Gasteiger partial charge in [-0.05, 0) is 52.1 Å². The number of aromatic nitrogens is 5. The zero-order chi connectivity index (χ0) is 32.6. The van der Waals surface area contributed by atoms with Gasteiger partial charge in [0.05, 0.1) is 11.4 Å². The molecular formula is C44H29N5. The molecule has 0 saturated heterocycles. The van der Waals surface area contributed by atoms with Gasteiger partial charge in [-0.25, -0.2) is 24.9 Å². The van der Waals surface area contributed by atoms with Crippen LogP contribution in [0.1, 0.15) is 11.1 Å². The highest BCUT2D eigenvalue weighted by molar-refractivity contribution is 5.84. The maximum absolute atomic E-state index is 5.05. The van der Waals surface area contributed by atoms with Crippen molar-refractivity contribution in [1.82, 2.24) is 24.9 Å². The Morgan fingerprint density at radius 1 is 0.347 bits per heavy atom. The number of hydrogen-bond donors (Lipinski definition) is 0. The molecule has 2 heterocycles. The summed E-state index contributed by atoms with van der Waals surface area (Å²) in [6, 6.07) is 54.4. The van der Waals surface area contributed by atoms with Crippen molar-refractivity contribution in [3.63, 3.8) is 0 Å². The third kappa shape index (κ3) is 5.47. The maximum Gasteiger partial charge on any atom is 0.164 e. The highest BCUT2D eigenvalue weighted by atomic mass is 15.0. The second-order valence-electron chi connectivity index (χ2n) is 12.2. The van der Waals surface area contributed by atoms with E-state index in [9.17, 15) is 0 Å². The van der Waals surface area contributed by atoms with Crippen molar-refractivity contribution in [2.45, 2.75) is 6.42 Å². The molecule has 0 unspecified atom stereocenters. The van der Waals surface area contributed by atoms with Crippen molar-refractivity contribution in [3.05, 3.63) is 175 Å². The van der Waals surface area contributed by atoms with Gasteiger partial charge in [-0.3, -0.25) is 0 Å². The van der Waals surface area contributed by atoms with Gasteiger partial charge in [0.1, 0.15) is 6.33 Å². The summed E-state index contributed by atoms with van der Waals surface area (Å²) in [5.74, 6) is 1.89. The van der Waals surface area contributed by atoms with E-state index in [1.807, 2.05) is 66.7 Å². The molecule has 1 aliphatic rings. The van der Waals surface area contributed by atoms with E-state index in [0.717, 1.165) is 62.3 Å². The Balaban J connectivity index is 1.21. The highest BCUT2D eigenvalue weighted by Gasteiger charge is 2.24. The molecule has 6 aromatic carbocycles. The van der Waals surface area contributed by atoms with Gasteiger partial charge in [0.15, 0.2) is 17.5 Å². The zero-order valence-electron chi connectivity index (χ0n) is 26.5. The molecule has 49 heavy (non-hydrogen) atoms. The van der Waals surface area contributed by atoms with Gasteiger partial charge in [-0.2, -0.15) is 0 Å². The molecule has 0 N–H and O–H groups in total. The maximum atomic E-state index is 5.05. The van der Waals surface area contributed by atoms with Gasteiger partial charge in [0.2, 0.25) is 0 Å². The molecule has 1 aliphatic carbocycles. The standard InChI is InChI=1S/C44H29N5/c1-4-13-29(14-5-1)35-24-36(32-20-12-21-34(23-32)40-39-27-33-19-10-11-22-38(33)41(39)46-28-45-40)26-37(25-35)44-48-42(30-15-6-2-7-16-30)47-43(49-44)31-17-8-3-9-18-31/h1-26,28H,27H2. The normalized spacial score (nSPS) is 11.6. The van der Waals surface area contributed by atoms with Crippen molar-refractivity contribution in [2.24, 2.45) is 0 Å². The van der Waals surface area contributed by atoms with Gasteiger partial charge >= 0.3 is 0 Å². The van der Waals surface area contributed by atoms with Gasteiger partial charge in [-0.15, -0.1) is 0 Å². The molecule has 0 atom stereocenters. The fourth-order valence-electron chi connectivity index (χ4n) is 6.66. The minimum Gasteiger partial charge on any atom is -0.236 e. The number of rotatable bonds is 6. The number of benzene rings is 6. The van der Waals surface area contributed by atoms with Gasteiger partial charge in [-0.1, -0.05) is 133 Å². The Morgan fingerprint density at radius 2 is 0.816 bits per heavy atom. The third-order valence-electron chi connectivity index (χ3n) is 9.05. The molecule has 2 aromatic heterocycles. The van der Waals surface area contributed by atoms with E-state index in [1.165, 1.54) is 16.7 Å². The lowest BCUT2D eigenvalue weighted by molar-refractivity contribution is 1.07. The van der Waals surface area contributed by atoms with Crippen molar-refractivity contribution >= 4 is 0 Å². The second kappa shape index (κ2) is 12.2. The predicted molar refractivity (Wildman–Crippen MR) is 196 cm³/mol. The zero-order valence-corrected chi connectivity index (χ0v) is 26.5. The lowest BCUT2D eigenvalue weighted by Gasteiger charge is -2.13. The minimum atomic E-state index is 0.620. The molecule has 230 valence electrons. The van der Waals surface area contributed by atoms with Crippen LogP contribution in [0.15, 0.2) is 164 Å². The molecule has 0 radical (unpaired) electrons. The van der Waals surface area contributed by atoms with E-state index in [4.69, 9.17) is 19.9 Å². The topological polar surface area (TPSA) is 64.5 Å². The van der Waals surface area contributed by atoms with E-state index in [-0.39, 0.29) is 0 Å². The summed E-state index contributed by atoms with van der Waals surface area (Å²) in [4.78, 5) is 24.5. The van der Waals surface area contributed by atoms with Crippen LogP contribution in [0, 0.1) is 0 Å². The molecule has 0 saturated carbocycles. The van der Waals surface area contributed by atoms with Gasteiger partial charge in [0, 0.05) is 39.8 Å². The first-order valence-electron chi connectivity index (χ1n) is 16.4. The van der Waals surface area contributed by atoms with Crippen molar-refractivity contribution in [2.75, 3.05) is 0 Å². The summed E-state index contributed by atoms with van der Waals surface area (Å²) in [5.41, 5.74) is 13.9. The summed E-state index contributed by atoms with van der Waals surface area (Å²) in [5, 5.41) is 0. The van der Waals surface area contributed by atoms with Crippen LogP contribution in [0.4, 0.5) is 0 Å². The Kier molecular flexibility index (Phi) is 7.13. The number of nitrogens with zero attached hydrogens (tertiary/aromatic N) is 5. The van der Waals surface area contributed by atoms with Crippen molar-refractivity contribution in [1.29, 1.82) is 0 Å². The van der Waals surface area contributed by atoms with Crippen LogP contribution in [-0.4, -0.2) is 24.9 Å². The molecule has 5 nitrogen and oxygen atoms in total. The number of hydrogen-bond acceptors (Lipinski definition) is 5. The highest BCUT2D eigenvalue weighted by Crippen LogP contribution is 2.40.